The van der Waals surface area contributed by atoms with Gasteiger partial charge in [0.05, 0.1) is 0 Å². The summed E-state index contributed by atoms with van der Waals surface area (Å²) < 4.78 is 0. The van der Waals surface area contributed by atoms with Gasteiger partial charge in [-0.3, -0.25) is 0 Å². The summed E-state index contributed by atoms with van der Waals surface area (Å²) in [4.78, 5) is 8.37. The van der Waals surface area contributed by atoms with E-state index >= 15 is 0 Å². The molecule has 0 spiro atoms. The highest BCUT2D eigenvalue weighted by Crippen LogP contribution is 2.25. The first-order valence-electron chi connectivity index (χ1n) is 5.99. The average molecular weight is 254 g/mol. The van der Waals surface area contributed by atoms with Crippen molar-refractivity contribution in [3.05, 3.63) is 12.4 Å². The normalized spacial score (nSPS) is 11.5. The van der Waals surface area contributed by atoms with Crippen LogP contribution in [0.15, 0.2) is 17.4 Å². The summed E-state index contributed by atoms with van der Waals surface area (Å²) >= 11 is 1.62. The van der Waals surface area contributed by atoms with E-state index in [1.807, 2.05) is 12.3 Å². The zero-order chi connectivity index (χ0) is 12.7. The number of hydrogen-bond donors (Lipinski definition) is 2. The first kappa shape index (κ1) is 14.3. The Labute approximate surface area is 108 Å². The molecule has 1 rings (SSSR count). The molecule has 0 aliphatic heterocycles. The van der Waals surface area contributed by atoms with Gasteiger partial charge in [-0.2, -0.15) is 0 Å². The molecule has 0 aliphatic rings. The lowest BCUT2D eigenvalue weighted by molar-refractivity contribution is 0.294. The van der Waals surface area contributed by atoms with Gasteiger partial charge in [-0.1, -0.05) is 13.8 Å². The minimum Gasteiger partial charge on any atom is -0.369 e. The largest absolute Gasteiger partial charge is 0.369 e. The van der Waals surface area contributed by atoms with Crippen LogP contribution in [0.1, 0.15) is 26.7 Å². The lowest BCUT2D eigenvalue weighted by atomic mass is 9.82. The Morgan fingerprint density at radius 3 is 2.59 bits per heavy atom. The number of thioether (sulfide) groups is 1. The number of nitrogens with two attached hydrogens (primary N) is 1. The Morgan fingerprint density at radius 2 is 2.06 bits per heavy atom. The second kappa shape index (κ2) is 6.81. The maximum atomic E-state index is 5.87. The topological polar surface area (TPSA) is 63.8 Å². The first-order chi connectivity index (χ1) is 8.19. The van der Waals surface area contributed by atoms with Crippen molar-refractivity contribution >= 4 is 17.6 Å². The van der Waals surface area contributed by atoms with Crippen LogP contribution in [-0.2, 0) is 0 Å². The van der Waals surface area contributed by atoms with Gasteiger partial charge in [0.2, 0.25) is 0 Å². The van der Waals surface area contributed by atoms with Gasteiger partial charge >= 0.3 is 0 Å². The highest BCUT2D eigenvalue weighted by atomic mass is 32.2. The molecule has 0 atom stereocenters. The van der Waals surface area contributed by atoms with Crippen LogP contribution in [0.3, 0.4) is 0 Å². The van der Waals surface area contributed by atoms with Crippen LogP contribution in [0.5, 0.6) is 0 Å². The van der Waals surface area contributed by atoms with Gasteiger partial charge in [0.25, 0.3) is 0 Å². The first-order valence-corrected chi connectivity index (χ1v) is 7.22. The van der Waals surface area contributed by atoms with Crippen molar-refractivity contribution in [3.63, 3.8) is 0 Å². The molecule has 17 heavy (non-hydrogen) atoms. The van der Waals surface area contributed by atoms with Crippen LogP contribution in [0.4, 0.5) is 5.82 Å². The zero-order valence-electron chi connectivity index (χ0n) is 10.9. The molecule has 0 aromatic carbocycles. The number of hydrogen-bond acceptors (Lipinski definition) is 5. The van der Waals surface area contributed by atoms with E-state index in [1.54, 1.807) is 18.1 Å². The summed E-state index contributed by atoms with van der Waals surface area (Å²) in [6.45, 7) is 5.94. The van der Waals surface area contributed by atoms with E-state index in [0.29, 0.717) is 6.54 Å². The van der Waals surface area contributed by atoms with Crippen LogP contribution in [0, 0.1) is 5.41 Å². The van der Waals surface area contributed by atoms with Gasteiger partial charge in [0.1, 0.15) is 17.2 Å². The highest BCUT2D eigenvalue weighted by Gasteiger charge is 2.24. The second-order valence-electron chi connectivity index (χ2n) is 4.21. The Bertz CT molecular complexity index is 331. The van der Waals surface area contributed by atoms with E-state index in [4.69, 9.17) is 5.73 Å². The average Bonchev–Trinajstić information content (AvgIpc) is 2.41. The third-order valence-electron chi connectivity index (χ3n) is 3.43. The van der Waals surface area contributed by atoms with Gasteiger partial charge in [-0.05, 0) is 31.1 Å². The van der Waals surface area contributed by atoms with Crippen molar-refractivity contribution in [2.24, 2.45) is 11.1 Å². The van der Waals surface area contributed by atoms with E-state index in [-0.39, 0.29) is 5.41 Å². The van der Waals surface area contributed by atoms with E-state index < -0.39 is 0 Å². The fourth-order valence-corrected chi connectivity index (χ4v) is 2.07. The van der Waals surface area contributed by atoms with E-state index in [2.05, 4.69) is 29.1 Å². The molecule has 0 saturated carbocycles. The molecule has 1 heterocycles. The van der Waals surface area contributed by atoms with Gasteiger partial charge in [-0.25, -0.2) is 9.97 Å². The van der Waals surface area contributed by atoms with Crippen molar-refractivity contribution in [1.29, 1.82) is 0 Å². The van der Waals surface area contributed by atoms with Crippen LogP contribution in [-0.4, -0.2) is 29.3 Å². The third kappa shape index (κ3) is 3.85. The standard InChI is InChI=1S/C12H22N4S/c1-4-12(5-2,7-13)8-14-10-6-11(17-3)16-9-15-10/h6,9H,4-5,7-8,13H2,1-3H3,(H,14,15,16). The van der Waals surface area contributed by atoms with Crippen LogP contribution >= 0.6 is 11.8 Å². The van der Waals surface area contributed by atoms with E-state index in [1.165, 1.54) is 0 Å². The Hall–Kier alpha value is -0.810. The quantitative estimate of drug-likeness (QED) is 0.578. The summed E-state index contributed by atoms with van der Waals surface area (Å²) in [7, 11) is 0. The Balaban J connectivity index is 2.65. The van der Waals surface area contributed by atoms with Gasteiger partial charge in [0, 0.05) is 12.6 Å². The molecule has 5 heteroatoms. The van der Waals surface area contributed by atoms with Gasteiger partial charge in [0.15, 0.2) is 0 Å². The Morgan fingerprint density at radius 1 is 1.35 bits per heavy atom. The molecule has 0 fully saturated rings. The van der Waals surface area contributed by atoms with E-state index in [9.17, 15) is 0 Å². The molecule has 0 bridgehead atoms. The molecule has 4 nitrogen and oxygen atoms in total. The molecule has 0 radical (unpaired) electrons. The molecule has 96 valence electrons. The summed E-state index contributed by atoms with van der Waals surface area (Å²) in [6, 6.07) is 1.97. The molecule has 1 aromatic heterocycles. The highest BCUT2D eigenvalue weighted by molar-refractivity contribution is 7.98. The molecular weight excluding hydrogens is 232 g/mol. The zero-order valence-corrected chi connectivity index (χ0v) is 11.7. The molecular formula is C12H22N4S. The molecule has 0 saturated heterocycles. The molecule has 0 aliphatic carbocycles. The second-order valence-corrected chi connectivity index (χ2v) is 5.04. The van der Waals surface area contributed by atoms with Crippen molar-refractivity contribution in [2.75, 3.05) is 24.7 Å². The number of rotatable bonds is 7. The van der Waals surface area contributed by atoms with Gasteiger partial charge in [-0.15, -0.1) is 11.8 Å². The number of nitrogens with one attached hydrogen (secondary N) is 1. The van der Waals surface area contributed by atoms with Crippen molar-refractivity contribution in [1.82, 2.24) is 9.97 Å². The predicted molar refractivity (Wildman–Crippen MR) is 74.4 cm³/mol. The summed E-state index contributed by atoms with van der Waals surface area (Å²) in [6.07, 6.45) is 5.76. The lowest BCUT2D eigenvalue weighted by Gasteiger charge is -2.30. The number of aromatic nitrogens is 2. The van der Waals surface area contributed by atoms with Crippen LogP contribution in [0.2, 0.25) is 0 Å². The van der Waals surface area contributed by atoms with Crippen LogP contribution in [0.25, 0.3) is 0 Å². The molecule has 1 aromatic rings. The van der Waals surface area contributed by atoms with Crippen molar-refractivity contribution in [3.8, 4) is 0 Å². The number of anilines is 1. The third-order valence-corrected chi connectivity index (χ3v) is 4.07. The molecule has 0 amide bonds. The summed E-state index contributed by atoms with van der Waals surface area (Å²) in [5.41, 5.74) is 6.04. The van der Waals surface area contributed by atoms with E-state index in [0.717, 1.165) is 30.2 Å². The molecule has 0 unspecified atom stereocenters. The predicted octanol–water partition coefficient (Wildman–Crippen LogP) is 2.38. The van der Waals surface area contributed by atoms with Gasteiger partial charge < -0.3 is 11.1 Å². The number of nitrogens with zero attached hydrogens (tertiary/aromatic N) is 2. The fraction of sp³-hybridized carbons (Fsp3) is 0.667. The SMILES string of the molecule is CCC(CC)(CN)CNc1cc(SC)ncn1. The minimum absolute atomic E-state index is 0.171. The summed E-state index contributed by atoms with van der Waals surface area (Å²) in [5, 5.41) is 4.35. The maximum Gasteiger partial charge on any atom is 0.130 e. The smallest absolute Gasteiger partial charge is 0.130 e. The summed E-state index contributed by atoms with van der Waals surface area (Å²) in [5.74, 6) is 0.879. The Kier molecular flexibility index (Phi) is 5.71. The maximum absolute atomic E-state index is 5.87. The molecule has 3 N–H and O–H groups in total. The fourth-order valence-electron chi connectivity index (χ4n) is 1.69. The van der Waals surface area contributed by atoms with Crippen molar-refractivity contribution in [2.45, 2.75) is 31.7 Å². The van der Waals surface area contributed by atoms with Crippen molar-refractivity contribution < 1.29 is 0 Å². The van der Waals surface area contributed by atoms with Crippen LogP contribution < -0.4 is 11.1 Å². The minimum atomic E-state index is 0.171. The monoisotopic (exact) mass is 254 g/mol. The lowest BCUT2D eigenvalue weighted by Crippen LogP contribution is -2.36.